The summed E-state index contributed by atoms with van der Waals surface area (Å²) in [7, 11) is 0. The van der Waals surface area contributed by atoms with E-state index >= 15 is 0 Å². The molecule has 8 atom stereocenters. The fourth-order valence-corrected chi connectivity index (χ4v) is 8.37. The molecule has 0 aromatic rings. The van der Waals surface area contributed by atoms with E-state index < -0.39 is 51.4 Å². The molecule has 4 aliphatic carbocycles. The van der Waals surface area contributed by atoms with Gasteiger partial charge in [0.15, 0.2) is 0 Å². The standard InChI is InChI=1S/C25H38O7/c1-5-15(2)19(27)32-14-24(30)13-23-10-7-18-21(3,20(28)29)8-6-9-22(18,4)25(23,31)12-17(26)16(24)11-23/h5,16-18,26,30-31H,6-14H2,1-4H3,(H,28,29)/b15-5-/t16-,17+,18+,21-,22+,23-,24+,25+/m0/s1. The summed E-state index contributed by atoms with van der Waals surface area (Å²) in [5, 5.41) is 45.1. The molecule has 4 fully saturated rings. The molecule has 0 amide bonds. The van der Waals surface area contributed by atoms with Crippen LogP contribution in [0.15, 0.2) is 11.6 Å². The molecule has 0 aromatic heterocycles. The Morgan fingerprint density at radius 2 is 1.81 bits per heavy atom. The van der Waals surface area contributed by atoms with Gasteiger partial charge in [-0.15, -0.1) is 0 Å². The molecule has 180 valence electrons. The van der Waals surface area contributed by atoms with Crippen LogP contribution in [0.4, 0.5) is 0 Å². The minimum absolute atomic E-state index is 0.116. The number of allylic oxidation sites excluding steroid dienone is 1. The van der Waals surface area contributed by atoms with Crippen LogP contribution in [-0.2, 0) is 14.3 Å². The van der Waals surface area contributed by atoms with Gasteiger partial charge in [0.2, 0.25) is 0 Å². The Morgan fingerprint density at radius 1 is 1.12 bits per heavy atom. The Morgan fingerprint density at radius 3 is 2.44 bits per heavy atom. The summed E-state index contributed by atoms with van der Waals surface area (Å²) in [4.78, 5) is 24.5. The maximum atomic E-state index is 12.4. The van der Waals surface area contributed by atoms with Crippen molar-refractivity contribution in [3.05, 3.63) is 11.6 Å². The van der Waals surface area contributed by atoms with Crippen LogP contribution in [0, 0.1) is 28.1 Å². The van der Waals surface area contributed by atoms with Crippen molar-refractivity contribution >= 4 is 11.9 Å². The highest BCUT2D eigenvalue weighted by atomic mass is 16.5. The third-order valence-corrected chi connectivity index (χ3v) is 10.3. The number of carboxylic acids is 1. The molecule has 0 aromatic carbocycles. The van der Waals surface area contributed by atoms with Crippen molar-refractivity contribution < 1.29 is 34.8 Å². The zero-order valence-corrected chi connectivity index (χ0v) is 19.7. The fourth-order valence-electron chi connectivity index (χ4n) is 8.37. The first kappa shape index (κ1) is 23.7. The van der Waals surface area contributed by atoms with E-state index in [9.17, 15) is 30.0 Å². The van der Waals surface area contributed by atoms with Gasteiger partial charge in [-0.05, 0) is 65.2 Å². The van der Waals surface area contributed by atoms with Gasteiger partial charge in [-0.3, -0.25) is 4.79 Å². The Labute approximate surface area is 189 Å². The summed E-state index contributed by atoms with van der Waals surface area (Å²) >= 11 is 0. The largest absolute Gasteiger partial charge is 0.481 e. The Bertz CT molecular complexity index is 853. The first-order valence-corrected chi connectivity index (χ1v) is 11.9. The average molecular weight is 451 g/mol. The number of carbonyl (C=O) groups is 2. The molecule has 4 N–H and O–H groups in total. The lowest BCUT2D eigenvalue weighted by Crippen LogP contribution is -2.70. The topological polar surface area (TPSA) is 124 Å². The van der Waals surface area contributed by atoms with Gasteiger partial charge in [-0.2, -0.15) is 0 Å². The van der Waals surface area contributed by atoms with Crippen molar-refractivity contribution in [3.8, 4) is 0 Å². The number of hydrogen-bond acceptors (Lipinski definition) is 6. The molecule has 0 unspecified atom stereocenters. The lowest BCUT2D eigenvalue weighted by Gasteiger charge is -2.68. The van der Waals surface area contributed by atoms with Gasteiger partial charge in [-0.25, -0.2) is 4.79 Å². The van der Waals surface area contributed by atoms with E-state index in [2.05, 4.69) is 0 Å². The minimum atomic E-state index is -1.42. The minimum Gasteiger partial charge on any atom is -0.481 e. The van der Waals surface area contributed by atoms with Gasteiger partial charge in [0.25, 0.3) is 0 Å². The first-order chi connectivity index (χ1) is 14.8. The molecule has 7 nitrogen and oxygen atoms in total. The van der Waals surface area contributed by atoms with E-state index in [0.29, 0.717) is 44.1 Å². The quantitative estimate of drug-likeness (QED) is 0.383. The summed E-state index contributed by atoms with van der Waals surface area (Å²) in [5.74, 6) is -2.01. The van der Waals surface area contributed by atoms with Gasteiger partial charge >= 0.3 is 11.9 Å². The normalized spacial score (nSPS) is 50.3. The zero-order chi connectivity index (χ0) is 23.7. The number of aliphatic carboxylic acids is 1. The second-order valence-corrected chi connectivity index (χ2v) is 11.6. The predicted octanol–water partition coefficient (Wildman–Crippen LogP) is 2.81. The Balaban J connectivity index is 1.69. The summed E-state index contributed by atoms with van der Waals surface area (Å²) < 4.78 is 5.42. The fraction of sp³-hybridized carbons (Fsp3) is 0.840. The highest BCUT2D eigenvalue weighted by molar-refractivity contribution is 5.87. The lowest BCUT2D eigenvalue weighted by atomic mass is 9.38. The number of hydrogen-bond donors (Lipinski definition) is 4. The Hall–Kier alpha value is -1.44. The van der Waals surface area contributed by atoms with Gasteiger partial charge < -0.3 is 25.2 Å². The van der Waals surface area contributed by atoms with Crippen molar-refractivity contribution in [2.24, 2.45) is 28.1 Å². The van der Waals surface area contributed by atoms with E-state index in [-0.39, 0.29) is 25.4 Å². The van der Waals surface area contributed by atoms with Crippen molar-refractivity contribution in [1.29, 1.82) is 0 Å². The van der Waals surface area contributed by atoms with E-state index in [1.165, 1.54) is 0 Å². The Kier molecular flexibility index (Phi) is 5.39. The molecule has 0 heterocycles. The van der Waals surface area contributed by atoms with E-state index in [0.717, 1.165) is 0 Å². The molecule has 32 heavy (non-hydrogen) atoms. The molecule has 4 rings (SSSR count). The maximum absolute atomic E-state index is 12.4. The van der Waals surface area contributed by atoms with Crippen molar-refractivity contribution in [1.82, 2.24) is 0 Å². The van der Waals surface area contributed by atoms with Crippen molar-refractivity contribution in [2.75, 3.05) is 6.61 Å². The molecule has 4 aliphatic rings. The molecular weight excluding hydrogens is 412 g/mol. The molecule has 2 bridgehead atoms. The predicted molar refractivity (Wildman–Crippen MR) is 116 cm³/mol. The molecular formula is C25H38O7. The number of aliphatic hydroxyl groups excluding tert-OH is 1. The number of fused-ring (bicyclic) bond motifs is 3. The van der Waals surface area contributed by atoms with Gasteiger partial charge in [0, 0.05) is 28.7 Å². The highest BCUT2D eigenvalue weighted by Gasteiger charge is 2.76. The van der Waals surface area contributed by atoms with Crippen LogP contribution < -0.4 is 0 Å². The van der Waals surface area contributed by atoms with Crippen LogP contribution in [0.5, 0.6) is 0 Å². The second-order valence-electron chi connectivity index (χ2n) is 11.6. The third-order valence-electron chi connectivity index (χ3n) is 10.3. The SMILES string of the molecule is C/C=C(/C)C(=O)OC[C@]1(O)C[C@@]23CC[C@@H]4[C@@](C)(C(=O)O)CCC[C@@]4(C)[C@]2(O)C[C@@H](O)[C@@H]1C3. The maximum Gasteiger partial charge on any atom is 0.333 e. The molecule has 0 aliphatic heterocycles. The zero-order valence-electron chi connectivity index (χ0n) is 19.7. The average Bonchev–Trinajstić information content (AvgIpc) is 3.00. The summed E-state index contributed by atoms with van der Waals surface area (Å²) in [6.07, 6.45) is 4.76. The van der Waals surface area contributed by atoms with Crippen LogP contribution in [0.2, 0.25) is 0 Å². The number of ether oxygens (including phenoxy) is 1. The molecule has 4 saturated carbocycles. The van der Waals surface area contributed by atoms with E-state index in [1.807, 2.05) is 6.92 Å². The lowest BCUT2D eigenvalue weighted by molar-refractivity contribution is -0.273. The number of carbonyl (C=O) groups excluding carboxylic acids is 1. The van der Waals surface area contributed by atoms with Gasteiger partial charge in [-0.1, -0.05) is 19.4 Å². The van der Waals surface area contributed by atoms with Crippen LogP contribution in [0.3, 0.4) is 0 Å². The molecule has 1 spiro atoms. The van der Waals surface area contributed by atoms with Crippen LogP contribution >= 0.6 is 0 Å². The van der Waals surface area contributed by atoms with Crippen molar-refractivity contribution in [2.45, 2.75) is 96.4 Å². The summed E-state index contributed by atoms with van der Waals surface area (Å²) in [6, 6.07) is 0. The smallest absolute Gasteiger partial charge is 0.333 e. The number of esters is 1. The third kappa shape index (κ3) is 2.90. The number of aliphatic hydroxyl groups is 3. The van der Waals surface area contributed by atoms with Gasteiger partial charge in [0.05, 0.1) is 17.1 Å². The van der Waals surface area contributed by atoms with Crippen LogP contribution in [0.25, 0.3) is 0 Å². The first-order valence-electron chi connectivity index (χ1n) is 11.9. The molecule has 0 saturated heterocycles. The van der Waals surface area contributed by atoms with Crippen LogP contribution in [0.1, 0.15) is 79.1 Å². The monoisotopic (exact) mass is 450 g/mol. The molecule has 7 heteroatoms. The number of carboxylic acid groups (broad SMARTS) is 1. The second kappa shape index (κ2) is 7.28. The van der Waals surface area contributed by atoms with Crippen LogP contribution in [-0.4, -0.2) is 56.3 Å². The number of rotatable bonds is 4. The van der Waals surface area contributed by atoms with Crippen molar-refractivity contribution in [3.63, 3.8) is 0 Å². The summed E-state index contributed by atoms with van der Waals surface area (Å²) in [5.41, 5.74) is -4.47. The van der Waals surface area contributed by atoms with E-state index in [4.69, 9.17) is 4.74 Å². The van der Waals surface area contributed by atoms with E-state index in [1.54, 1.807) is 26.8 Å². The summed E-state index contributed by atoms with van der Waals surface area (Å²) in [6.45, 7) is 6.97. The highest BCUT2D eigenvalue weighted by Crippen LogP contribution is 2.74. The molecule has 0 radical (unpaired) electrons. The van der Waals surface area contributed by atoms with Gasteiger partial charge in [0.1, 0.15) is 12.2 Å².